The number of carbonyl (C=O) groups is 2. The molecule has 1 heterocycles. The van der Waals surface area contributed by atoms with Crippen LogP contribution < -0.4 is 0 Å². The molecule has 1 rings (SSSR count). The van der Waals surface area contributed by atoms with Gasteiger partial charge in [0.25, 0.3) is 0 Å². The molecule has 0 aromatic rings. The van der Waals surface area contributed by atoms with Gasteiger partial charge in [-0.05, 0) is 19.3 Å². The van der Waals surface area contributed by atoms with Crippen LogP contribution in [-0.4, -0.2) is 64.8 Å². The molecule has 0 aromatic heterocycles. The zero-order valence-corrected chi connectivity index (χ0v) is 11.0. The van der Waals surface area contributed by atoms with Crippen LogP contribution in [-0.2, 0) is 4.79 Å². The molecule has 2 amide bonds. The summed E-state index contributed by atoms with van der Waals surface area (Å²) in [6.45, 7) is 5.64. The third kappa shape index (κ3) is 3.35. The van der Waals surface area contributed by atoms with Crippen LogP contribution >= 0.6 is 0 Å². The van der Waals surface area contributed by atoms with Gasteiger partial charge in [-0.1, -0.05) is 6.92 Å². The molecule has 2 N–H and O–H groups in total. The van der Waals surface area contributed by atoms with Gasteiger partial charge in [-0.2, -0.15) is 0 Å². The fraction of sp³-hybridized carbons (Fsp3) is 0.833. The lowest BCUT2D eigenvalue weighted by Crippen LogP contribution is -2.43. The number of likely N-dealkylation sites (tertiary alicyclic amines) is 1. The lowest BCUT2D eigenvalue weighted by atomic mass is 9.99. The van der Waals surface area contributed by atoms with Crippen LogP contribution in [0.2, 0.25) is 0 Å². The number of aliphatic carboxylic acids is 1. The van der Waals surface area contributed by atoms with Gasteiger partial charge >= 0.3 is 12.0 Å². The van der Waals surface area contributed by atoms with Gasteiger partial charge in [-0.25, -0.2) is 4.79 Å². The van der Waals surface area contributed by atoms with E-state index in [0.717, 1.165) is 0 Å². The molecule has 1 aliphatic rings. The Hall–Kier alpha value is -1.30. The predicted octanol–water partition coefficient (Wildman–Crippen LogP) is 0.463. The monoisotopic (exact) mass is 258 g/mol. The Bertz CT molecular complexity index is 308. The molecule has 1 aliphatic heterocycles. The summed E-state index contributed by atoms with van der Waals surface area (Å²) >= 11 is 0. The molecular weight excluding hydrogens is 236 g/mol. The van der Waals surface area contributed by atoms with Crippen LogP contribution in [0.4, 0.5) is 4.79 Å². The summed E-state index contributed by atoms with van der Waals surface area (Å²) in [7, 11) is 0. The summed E-state index contributed by atoms with van der Waals surface area (Å²) in [6, 6.07) is -0.124. The van der Waals surface area contributed by atoms with E-state index in [2.05, 4.69) is 0 Å². The maximum absolute atomic E-state index is 12.2. The number of carbonyl (C=O) groups excluding carboxylic acids is 1. The van der Waals surface area contributed by atoms with Crippen LogP contribution in [0.5, 0.6) is 0 Å². The Morgan fingerprint density at radius 2 is 2.06 bits per heavy atom. The Morgan fingerprint density at radius 1 is 1.39 bits per heavy atom. The van der Waals surface area contributed by atoms with Crippen molar-refractivity contribution in [1.82, 2.24) is 9.80 Å². The minimum absolute atomic E-state index is 0.0111. The highest BCUT2D eigenvalue weighted by Gasteiger charge is 2.37. The SMILES string of the molecule is CCN(CCCO)C(=O)N1CC(C)C(C(=O)O)C1. The topological polar surface area (TPSA) is 81.1 Å². The molecule has 104 valence electrons. The largest absolute Gasteiger partial charge is 0.481 e. The van der Waals surface area contributed by atoms with E-state index in [4.69, 9.17) is 10.2 Å². The van der Waals surface area contributed by atoms with Crippen molar-refractivity contribution in [1.29, 1.82) is 0 Å². The zero-order valence-electron chi connectivity index (χ0n) is 11.0. The van der Waals surface area contributed by atoms with Crippen molar-refractivity contribution in [3.63, 3.8) is 0 Å². The second kappa shape index (κ2) is 6.58. The first-order valence-corrected chi connectivity index (χ1v) is 6.38. The second-order valence-electron chi connectivity index (χ2n) is 4.77. The minimum atomic E-state index is -0.837. The molecule has 0 bridgehead atoms. The summed E-state index contributed by atoms with van der Waals surface area (Å²) in [5.74, 6) is -1.32. The van der Waals surface area contributed by atoms with Crippen LogP contribution in [0.25, 0.3) is 0 Å². The fourth-order valence-corrected chi connectivity index (χ4v) is 2.30. The number of carboxylic acids is 1. The van der Waals surface area contributed by atoms with Gasteiger partial charge < -0.3 is 20.0 Å². The first kappa shape index (κ1) is 14.8. The molecular formula is C12H22N2O4. The molecule has 0 aromatic carbocycles. The van der Waals surface area contributed by atoms with Gasteiger partial charge in [-0.3, -0.25) is 4.79 Å². The normalized spacial score (nSPS) is 23.2. The number of hydrogen-bond acceptors (Lipinski definition) is 3. The lowest BCUT2D eigenvalue weighted by Gasteiger charge is -2.26. The minimum Gasteiger partial charge on any atom is -0.481 e. The molecule has 0 spiro atoms. The molecule has 6 nitrogen and oxygen atoms in total. The Balaban J connectivity index is 2.59. The summed E-state index contributed by atoms with van der Waals surface area (Å²) in [5, 5.41) is 17.8. The van der Waals surface area contributed by atoms with Gasteiger partial charge in [-0.15, -0.1) is 0 Å². The zero-order chi connectivity index (χ0) is 13.7. The Labute approximate surface area is 107 Å². The van der Waals surface area contributed by atoms with E-state index >= 15 is 0 Å². The number of carboxylic acid groups (broad SMARTS) is 1. The summed E-state index contributed by atoms with van der Waals surface area (Å²) in [5.41, 5.74) is 0. The smallest absolute Gasteiger partial charge is 0.320 e. The van der Waals surface area contributed by atoms with Crippen LogP contribution in [0.3, 0.4) is 0 Å². The van der Waals surface area contributed by atoms with E-state index in [1.165, 1.54) is 0 Å². The molecule has 1 saturated heterocycles. The van der Waals surface area contributed by atoms with E-state index < -0.39 is 11.9 Å². The summed E-state index contributed by atoms with van der Waals surface area (Å²) in [4.78, 5) is 26.4. The average molecular weight is 258 g/mol. The molecule has 6 heteroatoms. The van der Waals surface area contributed by atoms with E-state index in [0.29, 0.717) is 26.1 Å². The van der Waals surface area contributed by atoms with Gasteiger partial charge in [0.15, 0.2) is 0 Å². The highest BCUT2D eigenvalue weighted by Crippen LogP contribution is 2.24. The number of nitrogens with zero attached hydrogens (tertiary/aromatic N) is 2. The van der Waals surface area contributed by atoms with Crippen molar-refractivity contribution in [2.45, 2.75) is 20.3 Å². The average Bonchev–Trinajstić information content (AvgIpc) is 2.72. The molecule has 0 saturated carbocycles. The van der Waals surface area contributed by atoms with Crippen molar-refractivity contribution < 1.29 is 19.8 Å². The molecule has 2 unspecified atom stereocenters. The predicted molar refractivity (Wildman–Crippen MR) is 66.2 cm³/mol. The van der Waals surface area contributed by atoms with Crippen LogP contribution in [0.15, 0.2) is 0 Å². The number of urea groups is 1. The lowest BCUT2D eigenvalue weighted by molar-refractivity contribution is -0.142. The third-order valence-corrected chi connectivity index (χ3v) is 3.44. The van der Waals surface area contributed by atoms with Crippen LogP contribution in [0.1, 0.15) is 20.3 Å². The number of aliphatic hydroxyl groups excluding tert-OH is 1. The van der Waals surface area contributed by atoms with Gasteiger partial charge in [0.2, 0.25) is 0 Å². The van der Waals surface area contributed by atoms with Gasteiger partial charge in [0, 0.05) is 32.8 Å². The van der Waals surface area contributed by atoms with E-state index in [1.807, 2.05) is 13.8 Å². The fourth-order valence-electron chi connectivity index (χ4n) is 2.30. The number of hydrogen-bond donors (Lipinski definition) is 2. The highest BCUT2D eigenvalue weighted by molar-refractivity contribution is 5.77. The molecule has 2 atom stereocenters. The van der Waals surface area contributed by atoms with Crippen molar-refractivity contribution in [2.24, 2.45) is 11.8 Å². The first-order valence-electron chi connectivity index (χ1n) is 6.38. The summed E-state index contributed by atoms with van der Waals surface area (Å²) in [6.07, 6.45) is 0.547. The molecule has 18 heavy (non-hydrogen) atoms. The van der Waals surface area contributed by atoms with E-state index in [-0.39, 0.29) is 25.1 Å². The quantitative estimate of drug-likeness (QED) is 0.751. The van der Waals surface area contributed by atoms with Crippen molar-refractivity contribution in [3.05, 3.63) is 0 Å². The second-order valence-corrected chi connectivity index (χ2v) is 4.77. The van der Waals surface area contributed by atoms with Crippen molar-refractivity contribution in [2.75, 3.05) is 32.8 Å². The van der Waals surface area contributed by atoms with E-state index in [9.17, 15) is 9.59 Å². The first-order chi connectivity index (χ1) is 8.51. The van der Waals surface area contributed by atoms with Crippen LogP contribution in [0, 0.1) is 11.8 Å². The number of amides is 2. The van der Waals surface area contributed by atoms with Crippen molar-refractivity contribution >= 4 is 12.0 Å². The van der Waals surface area contributed by atoms with Crippen molar-refractivity contribution in [3.8, 4) is 0 Å². The van der Waals surface area contributed by atoms with Gasteiger partial charge in [0.1, 0.15) is 0 Å². The Kier molecular flexibility index (Phi) is 5.40. The standard InChI is InChI=1S/C12H22N2O4/c1-3-13(5-4-6-15)12(18)14-7-9(2)10(8-14)11(16)17/h9-10,15H,3-8H2,1-2H3,(H,16,17). The number of rotatable bonds is 5. The third-order valence-electron chi connectivity index (χ3n) is 3.44. The summed E-state index contributed by atoms with van der Waals surface area (Å²) < 4.78 is 0. The van der Waals surface area contributed by atoms with E-state index in [1.54, 1.807) is 9.80 Å². The molecule has 1 fully saturated rings. The highest BCUT2D eigenvalue weighted by atomic mass is 16.4. The maximum atomic E-state index is 12.2. The molecule has 0 radical (unpaired) electrons. The maximum Gasteiger partial charge on any atom is 0.320 e. The number of aliphatic hydroxyl groups is 1. The molecule has 0 aliphatic carbocycles. The van der Waals surface area contributed by atoms with Gasteiger partial charge in [0.05, 0.1) is 5.92 Å². The Morgan fingerprint density at radius 3 is 2.50 bits per heavy atom.